The van der Waals surface area contributed by atoms with Crippen molar-refractivity contribution < 1.29 is 9.53 Å². The van der Waals surface area contributed by atoms with Gasteiger partial charge in [0, 0.05) is 6.54 Å². The van der Waals surface area contributed by atoms with Crippen LogP contribution in [-0.4, -0.2) is 45.7 Å². The molecule has 6 heteroatoms. The van der Waals surface area contributed by atoms with Gasteiger partial charge in [0.1, 0.15) is 4.88 Å². The molecule has 3 rings (SSSR count). The number of aryl methyl sites for hydroxylation is 1. The van der Waals surface area contributed by atoms with Crippen molar-refractivity contribution in [2.45, 2.75) is 44.6 Å². The number of nitrogens with zero attached hydrogens (tertiary/aromatic N) is 3. The van der Waals surface area contributed by atoms with E-state index in [9.17, 15) is 4.79 Å². The molecule has 0 N–H and O–H groups in total. The molecule has 1 aromatic heterocycles. The maximum Gasteiger partial charge on any atom is 0.268 e. The number of hydrogen-bond donors (Lipinski definition) is 0. The molecule has 1 aliphatic heterocycles. The topological polar surface area (TPSA) is 55.3 Å². The van der Waals surface area contributed by atoms with Gasteiger partial charge in [-0.3, -0.25) is 4.79 Å². The summed E-state index contributed by atoms with van der Waals surface area (Å²) in [5.74, 6) is 0.0951. The third-order valence-electron chi connectivity index (χ3n) is 4.28. The molecule has 1 spiro atoms. The van der Waals surface area contributed by atoms with Gasteiger partial charge in [0.15, 0.2) is 0 Å². The van der Waals surface area contributed by atoms with Crippen LogP contribution in [0.5, 0.6) is 0 Å². The molecule has 1 saturated heterocycles. The van der Waals surface area contributed by atoms with Gasteiger partial charge in [-0.25, -0.2) is 0 Å². The van der Waals surface area contributed by atoms with Gasteiger partial charge in [0.2, 0.25) is 0 Å². The van der Waals surface area contributed by atoms with E-state index in [4.69, 9.17) is 4.74 Å². The van der Waals surface area contributed by atoms with Crippen LogP contribution in [0.2, 0.25) is 0 Å². The zero-order valence-corrected chi connectivity index (χ0v) is 12.0. The standard InChI is InChI=1S/C13H19N3O2S/c1-10-11(19-15-14-10)12(17)16-7-8-18-9-13(16)5-3-2-4-6-13/h2-9H2,1H3. The first kappa shape index (κ1) is 13.0. The smallest absolute Gasteiger partial charge is 0.268 e. The van der Waals surface area contributed by atoms with Crippen LogP contribution in [0.1, 0.15) is 47.5 Å². The minimum absolute atomic E-state index is 0.0794. The number of carbonyl (C=O) groups is 1. The molecule has 1 aromatic rings. The van der Waals surface area contributed by atoms with Crippen molar-refractivity contribution in [3.63, 3.8) is 0 Å². The lowest BCUT2D eigenvalue weighted by Gasteiger charge is -2.49. The predicted molar refractivity (Wildman–Crippen MR) is 72.3 cm³/mol. The van der Waals surface area contributed by atoms with Crippen LogP contribution in [0.3, 0.4) is 0 Å². The van der Waals surface area contributed by atoms with Gasteiger partial charge in [-0.2, -0.15) is 0 Å². The van der Waals surface area contributed by atoms with Gasteiger partial charge in [0.25, 0.3) is 5.91 Å². The fourth-order valence-corrected chi connectivity index (χ4v) is 3.83. The van der Waals surface area contributed by atoms with Crippen LogP contribution in [0.4, 0.5) is 0 Å². The Kier molecular flexibility index (Phi) is 3.54. The first-order chi connectivity index (χ1) is 9.23. The van der Waals surface area contributed by atoms with Gasteiger partial charge < -0.3 is 9.64 Å². The molecule has 2 heterocycles. The predicted octanol–water partition coefficient (Wildman–Crippen LogP) is 2.02. The third-order valence-corrected chi connectivity index (χ3v) is 5.09. The van der Waals surface area contributed by atoms with Gasteiger partial charge >= 0.3 is 0 Å². The maximum absolute atomic E-state index is 12.8. The Hall–Kier alpha value is -1.01. The second-order valence-corrected chi connectivity index (χ2v) is 6.24. The van der Waals surface area contributed by atoms with Crippen molar-refractivity contribution in [1.82, 2.24) is 14.5 Å². The lowest BCUT2D eigenvalue weighted by molar-refractivity contribution is -0.0680. The second kappa shape index (κ2) is 5.17. The molecule has 0 unspecified atom stereocenters. The fourth-order valence-electron chi connectivity index (χ4n) is 3.22. The van der Waals surface area contributed by atoms with Crippen LogP contribution in [0, 0.1) is 6.92 Å². The fraction of sp³-hybridized carbons (Fsp3) is 0.769. The zero-order chi connectivity index (χ0) is 13.3. The van der Waals surface area contributed by atoms with E-state index in [1.807, 2.05) is 11.8 Å². The second-order valence-electron chi connectivity index (χ2n) is 5.48. The van der Waals surface area contributed by atoms with E-state index >= 15 is 0 Å². The van der Waals surface area contributed by atoms with E-state index in [1.54, 1.807) is 0 Å². The summed E-state index contributed by atoms with van der Waals surface area (Å²) < 4.78 is 9.55. The Balaban J connectivity index is 1.88. The minimum Gasteiger partial charge on any atom is -0.377 e. The number of ether oxygens (including phenoxy) is 1. The van der Waals surface area contributed by atoms with E-state index in [1.165, 1.54) is 30.8 Å². The van der Waals surface area contributed by atoms with Gasteiger partial charge in [0.05, 0.1) is 24.4 Å². The summed E-state index contributed by atoms with van der Waals surface area (Å²) in [7, 11) is 0. The molecule has 19 heavy (non-hydrogen) atoms. The highest BCUT2D eigenvalue weighted by molar-refractivity contribution is 7.07. The highest BCUT2D eigenvalue weighted by Crippen LogP contribution is 2.37. The normalized spacial score (nSPS) is 22.7. The van der Waals surface area contributed by atoms with E-state index in [2.05, 4.69) is 9.59 Å². The molecule has 0 atom stereocenters. The van der Waals surface area contributed by atoms with Crippen molar-refractivity contribution >= 4 is 17.4 Å². The van der Waals surface area contributed by atoms with Crippen LogP contribution in [-0.2, 0) is 4.74 Å². The van der Waals surface area contributed by atoms with Crippen molar-refractivity contribution in [3.8, 4) is 0 Å². The molecule has 0 radical (unpaired) electrons. The Morgan fingerprint density at radius 2 is 2.16 bits per heavy atom. The third kappa shape index (κ3) is 2.27. The number of hydrogen-bond acceptors (Lipinski definition) is 5. The van der Waals surface area contributed by atoms with E-state index in [-0.39, 0.29) is 11.4 Å². The van der Waals surface area contributed by atoms with Gasteiger partial charge in [-0.15, -0.1) is 5.10 Å². The average molecular weight is 281 g/mol. The zero-order valence-electron chi connectivity index (χ0n) is 11.2. The van der Waals surface area contributed by atoms with Crippen molar-refractivity contribution in [3.05, 3.63) is 10.6 Å². The lowest BCUT2D eigenvalue weighted by Crippen LogP contribution is -2.59. The molecule has 1 aliphatic carbocycles. The highest BCUT2D eigenvalue weighted by atomic mass is 32.1. The number of amides is 1. The van der Waals surface area contributed by atoms with Crippen LogP contribution in [0.15, 0.2) is 0 Å². The largest absolute Gasteiger partial charge is 0.377 e. The van der Waals surface area contributed by atoms with Gasteiger partial charge in [-0.05, 0) is 31.3 Å². The van der Waals surface area contributed by atoms with E-state index in [0.717, 1.165) is 18.5 Å². The SMILES string of the molecule is Cc1nnsc1C(=O)N1CCOCC12CCCCC2. The average Bonchev–Trinajstić information content (AvgIpc) is 2.86. The number of rotatable bonds is 1. The molecule has 2 fully saturated rings. The lowest BCUT2D eigenvalue weighted by atomic mass is 9.80. The van der Waals surface area contributed by atoms with Crippen LogP contribution < -0.4 is 0 Å². The van der Waals surface area contributed by atoms with E-state index in [0.29, 0.717) is 24.6 Å². The monoisotopic (exact) mass is 281 g/mol. The Bertz CT molecular complexity index is 460. The van der Waals surface area contributed by atoms with Gasteiger partial charge in [-0.1, -0.05) is 23.8 Å². The number of carbonyl (C=O) groups excluding carboxylic acids is 1. The molecule has 5 nitrogen and oxygen atoms in total. The summed E-state index contributed by atoms with van der Waals surface area (Å²) in [5.41, 5.74) is 0.664. The summed E-state index contributed by atoms with van der Waals surface area (Å²) in [4.78, 5) is 15.5. The Morgan fingerprint density at radius 1 is 1.37 bits per heavy atom. The molecule has 0 bridgehead atoms. The van der Waals surface area contributed by atoms with Crippen molar-refractivity contribution in [1.29, 1.82) is 0 Å². The molecule has 104 valence electrons. The molecular weight excluding hydrogens is 262 g/mol. The summed E-state index contributed by atoms with van der Waals surface area (Å²) in [6, 6.07) is 0. The summed E-state index contributed by atoms with van der Waals surface area (Å²) >= 11 is 1.21. The van der Waals surface area contributed by atoms with Crippen LogP contribution >= 0.6 is 11.5 Å². The Morgan fingerprint density at radius 3 is 2.84 bits per heavy atom. The summed E-state index contributed by atoms with van der Waals surface area (Å²) in [6.45, 7) is 3.86. The van der Waals surface area contributed by atoms with Crippen molar-refractivity contribution in [2.24, 2.45) is 0 Å². The molecule has 2 aliphatic rings. The number of aromatic nitrogens is 2. The minimum atomic E-state index is -0.0794. The van der Waals surface area contributed by atoms with E-state index < -0.39 is 0 Å². The highest BCUT2D eigenvalue weighted by Gasteiger charge is 2.43. The molecule has 0 aromatic carbocycles. The summed E-state index contributed by atoms with van der Waals surface area (Å²) in [5, 5.41) is 3.96. The maximum atomic E-state index is 12.8. The first-order valence-electron chi connectivity index (χ1n) is 6.92. The van der Waals surface area contributed by atoms with Crippen molar-refractivity contribution in [2.75, 3.05) is 19.8 Å². The summed E-state index contributed by atoms with van der Waals surface area (Å²) in [6.07, 6.45) is 5.76. The molecular formula is C13H19N3O2S. The quantitative estimate of drug-likeness (QED) is 0.790. The Labute approximate surface area is 117 Å². The molecule has 1 amide bonds. The number of morpholine rings is 1. The first-order valence-corrected chi connectivity index (χ1v) is 7.69. The molecule has 1 saturated carbocycles. The van der Waals surface area contributed by atoms with Crippen LogP contribution in [0.25, 0.3) is 0 Å².